The van der Waals surface area contributed by atoms with Crippen LogP contribution in [0.15, 0.2) is 35.4 Å². The van der Waals surface area contributed by atoms with Gasteiger partial charge in [-0.15, -0.1) is 0 Å². The molecule has 6 heteroatoms. The summed E-state index contributed by atoms with van der Waals surface area (Å²) in [6, 6.07) is 9.17. The monoisotopic (exact) mass is 265 g/mol. The molecule has 1 aromatic carbocycles. The van der Waals surface area contributed by atoms with Crippen LogP contribution in [-0.4, -0.2) is 27.6 Å². The third-order valence-electron chi connectivity index (χ3n) is 2.11. The van der Waals surface area contributed by atoms with Crippen LogP contribution in [-0.2, 0) is 4.43 Å². The minimum atomic E-state index is -1.60. The van der Waals surface area contributed by atoms with Crippen molar-refractivity contribution in [2.24, 2.45) is 5.11 Å². The fraction of sp³-hybridized carbons (Fsp3) is 0.500. The number of nitrogens with zero attached hydrogens (tertiary/aromatic N) is 3. The molecule has 0 saturated carbocycles. The van der Waals surface area contributed by atoms with Gasteiger partial charge in [-0.1, -0.05) is 23.3 Å². The largest absolute Gasteiger partial charge is 0.493 e. The highest BCUT2D eigenvalue weighted by atomic mass is 28.4. The summed E-state index contributed by atoms with van der Waals surface area (Å²) >= 11 is 0. The molecule has 1 aromatic rings. The molecule has 0 bridgehead atoms. The van der Waals surface area contributed by atoms with Gasteiger partial charge in [-0.25, -0.2) is 0 Å². The van der Waals surface area contributed by atoms with E-state index in [0.29, 0.717) is 13.2 Å². The molecule has 0 aromatic heterocycles. The first-order valence-corrected chi connectivity index (χ1v) is 9.28. The topological polar surface area (TPSA) is 67.2 Å². The molecular weight excluding hydrogens is 246 g/mol. The second-order valence-electron chi connectivity index (χ2n) is 4.91. The minimum Gasteiger partial charge on any atom is -0.493 e. The van der Waals surface area contributed by atoms with Gasteiger partial charge < -0.3 is 9.16 Å². The zero-order valence-electron chi connectivity index (χ0n) is 11.0. The fourth-order valence-electron chi connectivity index (χ4n) is 1.24. The number of hydrogen-bond acceptors (Lipinski definition) is 3. The number of para-hydroxylation sites is 1. The van der Waals surface area contributed by atoms with E-state index in [2.05, 4.69) is 29.7 Å². The summed E-state index contributed by atoms with van der Waals surface area (Å²) < 4.78 is 11.3. The van der Waals surface area contributed by atoms with Crippen LogP contribution >= 0.6 is 0 Å². The predicted octanol–water partition coefficient (Wildman–Crippen LogP) is 3.60. The summed E-state index contributed by atoms with van der Waals surface area (Å²) in [7, 11) is -1.60. The molecule has 0 radical (unpaired) electrons. The van der Waals surface area contributed by atoms with Crippen molar-refractivity contribution < 1.29 is 9.16 Å². The van der Waals surface area contributed by atoms with Gasteiger partial charge in [-0.05, 0) is 37.3 Å². The van der Waals surface area contributed by atoms with Crippen molar-refractivity contribution >= 4 is 8.32 Å². The van der Waals surface area contributed by atoms with Gasteiger partial charge in [0.25, 0.3) is 0 Å². The highest BCUT2D eigenvalue weighted by molar-refractivity contribution is 6.69. The van der Waals surface area contributed by atoms with Crippen molar-refractivity contribution in [1.82, 2.24) is 0 Å². The highest BCUT2D eigenvalue weighted by Gasteiger charge is 2.17. The lowest BCUT2D eigenvalue weighted by Crippen LogP contribution is -2.32. The Morgan fingerprint density at radius 3 is 2.44 bits per heavy atom. The molecule has 1 unspecified atom stereocenters. The van der Waals surface area contributed by atoms with Crippen LogP contribution in [0.5, 0.6) is 5.75 Å². The van der Waals surface area contributed by atoms with Crippen LogP contribution < -0.4 is 4.74 Å². The first-order valence-electron chi connectivity index (χ1n) is 5.87. The Bertz CT molecular complexity index is 400. The maximum Gasteiger partial charge on any atom is 0.183 e. The van der Waals surface area contributed by atoms with E-state index >= 15 is 0 Å². The summed E-state index contributed by atoms with van der Waals surface area (Å²) in [6.45, 7) is 7.03. The Labute approximate surface area is 108 Å². The van der Waals surface area contributed by atoms with Gasteiger partial charge in [0.2, 0.25) is 0 Å². The van der Waals surface area contributed by atoms with Gasteiger partial charge in [0, 0.05) is 11.5 Å². The number of hydrogen-bond donors (Lipinski definition) is 0. The van der Waals surface area contributed by atoms with E-state index in [1.807, 2.05) is 30.3 Å². The Kier molecular flexibility index (Phi) is 5.71. The summed E-state index contributed by atoms with van der Waals surface area (Å²) in [6.07, 6.45) is 0. The second-order valence-corrected chi connectivity index (χ2v) is 9.42. The summed E-state index contributed by atoms with van der Waals surface area (Å²) in [5.41, 5.74) is 8.52. The quantitative estimate of drug-likeness (QED) is 0.327. The molecule has 98 valence electrons. The van der Waals surface area contributed by atoms with Crippen molar-refractivity contribution in [1.29, 1.82) is 0 Å². The van der Waals surface area contributed by atoms with Gasteiger partial charge in [0.1, 0.15) is 5.75 Å². The molecule has 18 heavy (non-hydrogen) atoms. The van der Waals surface area contributed by atoms with Crippen molar-refractivity contribution in [3.05, 3.63) is 40.8 Å². The highest BCUT2D eigenvalue weighted by Crippen LogP contribution is 2.10. The molecule has 1 rings (SSSR count). The lowest BCUT2D eigenvalue weighted by molar-refractivity contribution is 0.216. The van der Waals surface area contributed by atoms with E-state index in [-0.39, 0.29) is 6.04 Å². The molecule has 0 heterocycles. The van der Waals surface area contributed by atoms with E-state index in [4.69, 9.17) is 14.7 Å². The first kappa shape index (κ1) is 14.6. The van der Waals surface area contributed by atoms with E-state index in [1.54, 1.807) is 0 Å². The van der Waals surface area contributed by atoms with Gasteiger partial charge in [-0.2, -0.15) is 0 Å². The van der Waals surface area contributed by atoms with E-state index in [0.717, 1.165) is 5.75 Å². The standard InChI is InChI=1S/C12H19N3O2Si/c1-18(2,3)17-10-11(14-15-13)9-16-12-7-5-4-6-8-12/h4-8,11H,9-10H2,1-3H3. The van der Waals surface area contributed by atoms with Crippen LogP contribution in [0.4, 0.5) is 0 Å². The Balaban J connectivity index is 2.46. The lowest BCUT2D eigenvalue weighted by atomic mass is 10.3. The van der Waals surface area contributed by atoms with E-state index in [1.165, 1.54) is 0 Å². The predicted molar refractivity (Wildman–Crippen MR) is 74.2 cm³/mol. The SMILES string of the molecule is C[Si](C)(C)OCC(COc1ccccc1)N=[N+]=[N-]. The zero-order valence-corrected chi connectivity index (χ0v) is 12.0. The summed E-state index contributed by atoms with van der Waals surface area (Å²) in [5.74, 6) is 0.767. The smallest absolute Gasteiger partial charge is 0.183 e. The molecule has 0 aliphatic heterocycles. The second kappa shape index (κ2) is 7.06. The molecule has 5 nitrogen and oxygen atoms in total. The van der Waals surface area contributed by atoms with Crippen molar-refractivity contribution in [3.8, 4) is 5.75 Å². The maximum absolute atomic E-state index is 8.52. The number of benzene rings is 1. The number of rotatable bonds is 7. The maximum atomic E-state index is 8.52. The average Bonchev–Trinajstić information content (AvgIpc) is 2.33. The molecular formula is C12H19N3O2Si. The first-order chi connectivity index (χ1) is 8.51. The normalized spacial score (nSPS) is 12.6. The Morgan fingerprint density at radius 1 is 1.22 bits per heavy atom. The van der Waals surface area contributed by atoms with Gasteiger partial charge in [0.05, 0.1) is 12.6 Å². The molecule has 0 fully saturated rings. The summed E-state index contributed by atoms with van der Waals surface area (Å²) in [4.78, 5) is 2.83. The Morgan fingerprint density at radius 2 is 1.89 bits per heavy atom. The minimum absolute atomic E-state index is 0.290. The molecule has 0 saturated heterocycles. The average molecular weight is 265 g/mol. The number of azide groups is 1. The molecule has 0 aliphatic rings. The third kappa shape index (κ3) is 6.29. The van der Waals surface area contributed by atoms with Crippen LogP contribution in [0.2, 0.25) is 19.6 Å². The molecule has 0 aliphatic carbocycles. The van der Waals surface area contributed by atoms with Crippen molar-refractivity contribution in [2.75, 3.05) is 13.2 Å². The lowest BCUT2D eigenvalue weighted by Gasteiger charge is -2.20. The van der Waals surface area contributed by atoms with Crippen LogP contribution in [0.3, 0.4) is 0 Å². The molecule has 0 amide bonds. The number of ether oxygens (including phenoxy) is 1. The van der Waals surface area contributed by atoms with Gasteiger partial charge in [-0.3, -0.25) is 0 Å². The van der Waals surface area contributed by atoms with Crippen LogP contribution in [0, 0.1) is 0 Å². The zero-order chi connectivity index (χ0) is 13.4. The van der Waals surface area contributed by atoms with Crippen molar-refractivity contribution in [2.45, 2.75) is 25.7 Å². The summed E-state index contributed by atoms with van der Waals surface area (Å²) in [5, 5.41) is 3.70. The van der Waals surface area contributed by atoms with Crippen molar-refractivity contribution in [3.63, 3.8) is 0 Å². The fourth-order valence-corrected chi connectivity index (χ4v) is 1.94. The van der Waals surface area contributed by atoms with Gasteiger partial charge >= 0.3 is 0 Å². The van der Waals surface area contributed by atoms with E-state index in [9.17, 15) is 0 Å². The molecule has 0 N–H and O–H groups in total. The van der Waals surface area contributed by atoms with E-state index < -0.39 is 8.32 Å². The molecule has 0 spiro atoms. The van der Waals surface area contributed by atoms with Crippen LogP contribution in [0.1, 0.15) is 0 Å². The van der Waals surface area contributed by atoms with Gasteiger partial charge in [0.15, 0.2) is 8.32 Å². The molecule has 1 atom stereocenters. The Hall–Kier alpha value is -1.49. The third-order valence-corrected chi connectivity index (χ3v) is 3.14. The van der Waals surface area contributed by atoms with Crippen LogP contribution in [0.25, 0.3) is 10.4 Å².